The van der Waals surface area contributed by atoms with Crippen LogP contribution in [-0.4, -0.2) is 18.8 Å². The van der Waals surface area contributed by atoms with E-state index in [4.69, 9.17) is 10.5 Å². The fourth-order valence-corrected chi connectivity index (χ4v) is 2.21. The third kappa shape index (κ3) is 4.98. The first-order valence-electron chi connectivity index (χ1n) is 6.53. The van der Waals surface area contributed by atoms with Gasteiger partial charge in [-0.3, -0.25) is 0 Å². The van der Waals surface area contributed by atoms with E-state index in [-0.39, 0.29) is 5.54 Å². The summed E-state index contributed by atoms with van der Waals surface area (Å²) in [5.74, 6) is 0.877. The maximum atomic E-state index is 6.36. The van der Waals surface area contributed by atoms with Crippen LogP contribution in [-0.2, 0) is 4.74 Å². The molecule has 1 fully saturated rings. The molecule has 0 aromatic rings. The lowest BCUT2D eigenvalue weighted by molar-refractivity contribution is 0.0985. The Balaban J connectivity index is 2.08. The first-order chi connectivity index (χ1) is 7.16. The molecule has 0 atom stereocenters. The molecule has 0 radical (unpaired) electrons. The molecule has 0 saturated heterocycles. The molecule has 2 heteroatoms. The van der Waals surface area contributed by atoms with Gasteiger partial charge in [0.15, 0.2) is 0 Å². The van der Waals surface area contributed by atoms with Crippen molar-refractivity contribution in [3.8, 4) is 0 Å². The SMILES string of the molecule is CCCCOCCC1(N)CCC(C)CC1. The van der Waals surface area contributed by atoms with Crippen molar-refractivity contribution < 1.29 is 4.74 Å². The normalized spacial score (nSPS) is 31.8. The number of rotatable bonds is 6. The average molecular weight is 213 g/mol. The van der Waals surface area contributed by atoms with Crippen LogP contribution in [0.15, 0.2) is 0 Å². The molecule has 0 spiro atoms. The molecule has 90 valence electrons. The van der Waals surface area contributed by atoms with E-state index in [0.717, 1.165) is 25.6 Å². The van der Waals surface area contributed by atoms with Crippen LogP contribution in [0, 0.1) is 5.92 Å². The molecule has 1 aliphatic rings. The molecule has 2 N–H and O–H groups in total. The van der Waals surface area contributed by atoms with Crippen molar-refractivity contribution in [1.82, 2.24) is 0 Å². The summed E-state index contributed by atoms with van der Waals surface area (Å²) in [5, 5.41) is 0. The Morgan fingerprint density at radius 2 is 1.93 bits per heavy atom. The Labute approximate surface area is 94.6 Å². The van der Waals surface area contributed by atoms with E-state index in [2.05, 4.69) is 13.8 Å². The zero-order chi connectivity index (χ0) is 11.1. The van der Waals surface area contributed by atoms with Gasteiger partial charge in [-0.1, -0.05) is 20.3 Å². The van der Waals surface area contributed by atoms with Gasteiger partial charge < -0.3 is 10.5 Å². The summed E-state index contributed by atoms with van der Waals surface area (Å²) in [5.41, 5.74) is 6.44. The Bertz CT molecular complexity index is 162. The third-order valence-corrected chi connectivity index (χ3v) is 3.66. The molecule has 1 saturated carbocycles. The van der Waals surface area contributed by atoms with Crippen molar-refractivity contribution in [2.24, 2.45) is 11.7 Å². The summed E-state index contributed by atoms with van der Waals surface area (Å²) in [6, 6.07) is 0. The van der Waals surface area contributed by atoms with Crippen LogP contribution in [0.4, 0.5) is 0 Å². The van der Waals surface area contributed by atoms with Crippen molar-refractivity contribution in [3.63, 3.8) is 0 Å². The fraction of sp³-hybridized carbons (Fsp3) is 1.00. The Morgan fingerprint density at radius 3 is 2.53 bits per heavy atom. The second kappa shape index (κ2) is 6.49. The zero-order valence-electron chi connectivity index (χ0n) is 10.4. The van der Waals surface area contributed by atoms with Crippen LogP contribution in [0.5, 0.6) is 0 Å². The minimum atomic E-state index is 0.0821. The maximum absolute atomic E-state index is 6.36. The Kier molecular flexibility index (Phi) is 5.62. The summed E-state index contributed by atoms with van der Waals surface area (Å²) in [7, 11) is 0. The van der Waals surface area contributed by atoms with Gasteiger partial charge in [0.1, 0.15) is 0 Å². The van der Waals surface area contributed by atoms with Crippen LogP contribution in [0.2, 0.25) is 0 Å². The predicted octanol–water partition coefficient (Wildman–Crippen LogP) is 3.10. The highest BCUT2D eigenvalue weighted by Gasteiger charge is 2.29. The van der Waals surface area contributed by atoms with Gasteiger partial charge in [-0.2, -0.15) is 0 Å². The van der Waals surface area contributed by atoms with E-state index in [1.807, 2.05) is 0 Å². The first-order valence-corrected chi connectivity index (χ1v) is 6.53. The Hall–Kier alpha value is -0.0800. The molecule has 0 aromatic carbocycles. The maximum Gasteiger partial charge on any atom is 0.0483 e. The minimum Gasteiger partial charge on any atom is -0.381 e. The monoisotopic (exact) mass is 213 g/mol. The van der Waals surface area contributed by atoms with Gasteiger partial charge in [0.25, 0.3) is 0 Å². The van der Waals surface area contributed by atoms with Crippen molar-refractivity contribution in [2.75, 3.05) is 13.2 Å². The average Bonchev–Trinajstić information content (AvgIpc) is 2.23. The van der Waals surface area contributed by atoms with Crippen LogP contribution < -0.4 is 5.73 Å². The predicted molar refractivity (Wildman–Crippen MR) is 64.9 cm³/mol. The highest BCUT2D eigenvalue weighted by atomic mass is 16.5. The smallest absolute Gasteiger partial charge is 0.0483 e. The van der Waals surface area contributed by atoms with E-state index in [0.29, 0.717) is 0 Å². The van der Waals surface area contributed by atoms with Crippen molar-refractivity contribution in [3.05, 3.63) is 0 Å². The lowest BCUT2D eigenvalue weighted by atomic mass is 9.76. The highest BCUT2D eigenvalue weighted by Crippen LogP contribution is 2.32. The molecule has 2 nitrogen and oxygen atoms in total. The molecule has 1 aliphatic carbocycles. The van der Waals surface area contributed by atoms with E-state index in [1.54, 1.807) is 0 Å². The standard InChI is InChI=1S/C13H27NO/c1-3-4-10-15-11-9-13(14)7-5-12(2)6-8-13/h12H,3-11,14H2,1-2H3. The van der Waals surface area contributed by atoms with Gasteiger partial charge in [0.2, 0.25) is 0 Å². The van der Waals surface area contributed by atoms with E-state index < -0.39 is 0 Å². The molecule has 0 amide bonds. The number of hydrogen-bond acceptors (Lipinski definition) is 2. The summed E-state index contributed by atoms with van der Waals surface area (Å²) >= 11 is 0. The summed E-state index contributed by atoms with van der Waals surface area (Å²) < 4.78 is 5.59. The second-order valence-corrected chi connectivity index (χ2v) is 5.26. The van der Waals surface area contributed by atoms with E-state index in [9.17, 15) is 0 Å². The van der Waals surface area contributed by atoms with Crippen molar-refractivity contribution in [1.29, 1.82) is 0 Å². The number of ether oxygens (including phenoxy) is 1. The molecule has 0 aliphatic heterocycles. The topological polar surface area (TPSA) is 35.2 Å². The van der Waals surface area contributed by atoms with Gasteiger partial charge >= 0.3 is 0 Å². The summed E-state index contributed by atoms with van der Waals surface area (Å²) in [6.07, 6.45) is 8.40. The first kappa shape index (κ1) is 13.0. The van der Waals surface area contributed by atoms with Crippen LogP contribution in [0.25, 0.3) is 0 Å². The lowest BCUT2D eigenvalue weighted by Gasteiger charge is -2.36. The molecular weight excluding hydrogens is 186 g/mol. The molecule has 0 heterocycles. The van der Waals surface area contributed by atoms with E-state index >= 15 is 0 Å². The second-order valence-electron chi connectivity index (χ2n) is 5.26. The van der Waals surface area contributed by atoms with Gasteiger partial charge in [0.05, 0.1) is 0 Å². The fourth-order valence-electron chi connectivity index (χ4n) is 2.21. The van der Waals surface area contributed by atoms with Crippen LogP contribution in [0.1, 0.15) is 58.8 Å². The number of unbranched alkanes of at least 4 members (excludes halogenated alkanes) is 1. The molecule has 0 unspecified atom stereocenters. The highest BCUT2D eigenvalue weighted by molar-refractivity contribution is 4.88. The molecule has 0 bridgehead atoms. The Morgan fingerprint density at radius 1 is 1.27 bits per heavy atom. The summed E-state index contributed by atoms with van der Waals surface area (Å²) in [6.45, 7) is 6.28. The van der Waals surface area contributed by atoms with Gasteiger partial charge in [0, 0.05) is 18.8 Å². The van der Waals surface area contributed by atoms with Gasteiger partial charge in [-0.05, 0) is 44.4 Å². The van der Waals surface area contributed by atoms with Crippen molar-refractivity contribution in [2.45, 2.75) is 64.3 Å². The quantitative estimate of drug-likeness (QED) is 0.688. The molecular formula is C13H27NO. The van der Waals surface area contributed by atoms with Crippen LogP contribution in [0.3, 0.4) is 0 Å². The molecule has 0 aromatic heterocycles. The van der Waals surface area contributed by atoms with Crippen molar-refractivity contribution >= 4 is 0 Å². The minimum absolute atomic E-state index is 0.0821. The van der Waals surface area contributed by atoms with E-state index in [1.165, 1.54) is 38.5 Å². The lowest BCUT2D eigenvalue weighted by Crippen LogP contribution is -2.44. The van der Waals surface area contributed by atoms with Gasteiger partial charge in [-0.15, -0.1) is 0 Å². The zero-order valence-corrected chi connectivity index (χ0v) is 10.4. The number of hydrogen-bond donors (Lipinski definition) is 1. The van der Waals surface area contributed by atoms with Crippen LogP contribution >= 0.6 is 0 Å². The molecule has 15 heavy (non-hydrogen) atoms. The largest absolute Gasteiger partial charge is 0.381 e. The number of nitrogens with two attached hydrogens (primary N) is 1. The molecule has 1 rings (SSSR count). The van der Waals surface area contributed by atoms with Gasteiger partial charge in [-0.25, -0.2) is 0 Å². The third-order valence-electron chi connectivity index (χ3n) is 3.66. The summed E-state index contributed by atoms with van der Waals surface area (Å²) in [4.78, 5) is 0.